The van der Waals surface area contributed by atoms with Gasteiger partial charge in [-0.2, -0.15) is 4.31 Å². The summed E-state index contributed by atoms with van der Waals surface area (Å²) >= 11 is 6.06. The van der Waals surface area contributed by atoms with Crippen LogP contribution in [0.3, 0.4) is 0 Å². The van der Waals surface area contributed by atoms with Gasteiger partial charge in [0.05, 0.1) is 28.7 Å². The molecule has 1 saturated heterocycles. The van der Waals surface area contributed by atoms with Crippen molar-refractivity contribution in [1.82, 2.24) is 4.31 Å². The Bertz CT molecular complexity index is 925. The summed E-state index contributed by atoms with van der Waals surface area (Å²) in [5.41, 5.74) is 1.52. The summed E-state index contributed by atoms with van der Waals surface area (Å²) in [5, 5.41) is 3.08. The van der Waals surface area contributed by atoms with Crippen molar-refractivity contribution in [1.29, 1.82) is 0 Å². The van der Waals surface area contributed by atoms with Gasteiger partial charge < -0.3 is 10.1 Å². The van der Waals surface area contributed by atoms with E-state index < -0.39 is 10.0 Å². The molecule has 1 N–H and O–H groups in total. The van der Waals surface area contributed by atoms with Crippen molar-refractivity contribution in [3.63, 3.8) is 0 Å². The predicted molar refractivity (Wildman–Crippen MR) is 100 cm³/mol. The highest BCUT2D eigenvalue weighted by Crippen LogP contribution is 2.25. The van der Waals surface area contributed by atoms with E-state index in [0.29, 0.717) is 42.6 Å². The molecule has 0 bridgehead atoms. The van der Waals surface area contributed by atoms with Crippen LogP contribution in [0.4, 0.5) is 5.69 Å². The van der Waals surface area contributed by atoms with E-state index in [-0.39, 0.29) is 10.8 Å². The topological polar surface area (TPSA) is 75.7 Å². The summed E-state index contributed by atoms with van der Waals surface area (Å²) in [6, 6.07) is 11.4. The van der Waals surface area contributed by atoms with Crippen molar-refractivity contribution >= 4 is 33.2 Å². The number of sulfonamides is 1. The summed E-state index contributed by atoms with van der Waals surface area (Å²) in [4.78, 5) is 12.6. The van der Waals surface area contributed by atoms with Crippen LogP contribution in [0, 0.1) is 6.92 Å². The lowest BCUT2D eigenvalue weighted by Gasteiger charge is -2.26. The van der Waals surface area contributed by atoms with Gasteiger partial charge in [0.2, 0.25) is 10.0 Å². The fraction of sp³-hybridized carbons (Fsp3) is 0.278. The third kappa shape index (κ3) is 3.91. The number of morpholine rings is 1. The number of hydrogen-bond acceptors (Lipinski definition) is 4. The third-order valence-electron chi connectivity index (χ3n) is 4.18. The van der Waals surface area contributed by atoms with E-state index in [2.05, 4.69) is 5.32 Å². The molecule has 0 radical (unpaired) electrons. The summed E-state index contributed by atoms with van der Waals surface area (Å²) in [6.45, 7) is 3.19. The first-order valence-corrected chi connectivity index (χ1v) is 9.96. The van der Waals surface area contributed by atoms with Crippen LogP contribution in [0.25, 0.3) is 0 Å². The normalized spacial score (nSPS) is 15.6. The number of nitrogens with zero attached hydrogens (tertiary/aromatic N) is 1. The number of anilines is 1. The van der Waals surface area contributed by atoms with Gasteiger partial charge in [0, 0.05) is 18.8 Å². The van der Waals surface area contributed by atoms with Crippen LogP contribution in [0.5, 0.6) is 0 Å². The smallest absolute Gasteiger partial charge is 0.257 e. The lowest BCUT2D eigenvalue weighted by molar-refractivity contribution is 0.0730. The van der Waals surface area contributed by atoms with E-state index in [0.717, 1.165) is 5.56 Å². The minimum Gasteiger partial charge on any atom is -0.379 e. The SMILES string of the molecule is Cc1ccc(S(=O)(=O)N2CCOCC2)cc1NC(=O)c1ccccc1Cl. The Balaban J connectivity index is 1.88. The van der Waals surface area contributed by atoms with Gasteiger partial charge in [0.25, 0.3) is 5.91 Å². The molecule has 3 rings (SSSR count). The lowest BCUT2D eigenvalue weighted by Crippen LogP contribution is -2.40. The molecule has 0 atom stereocenters. The van der Waals surface area contributed by atoms with Crippen LogP contribution in [-0.2, 0) is 14.8 Å². The summed E-state index contributed by atoms with van der Waals surface area (Å²) < 4.78 is 32.2. The van der Waals surface area contributed by atoms with E-state index in [4.69, 9.17) is 16.3 Å². The number of amides is 1. The molecule has 0 aliphatic carbocycles. The van der Waals surface area contributed by atoms with Crippen molar-refractivity contribution < 1.29 is 17.9 Å². The Morgan fingerprint density at radius 3 is 2.54 bits per heavy atom. The van der Waals surface area contributed by atoms with Crippen molar-refractivity contribution in [2.45, 2.75) is 11.8 Å². The molecule has 1 fully saturated rings. The maximum absolute atomic E-state index is 12.8. The molecular formula is C18H19ClN2O4S. The monoisotopic (exact) mass is 394 g/mol. The highest BCUT2D eigenvalue weighted by atomic mass is 35.5. The Kier molecular flexibility index (Phi) is 5.62. The molecular weight excluding hydrogens is 376 g/mol. The van der Waals surface area contributed by atoms with Crippen molar-refractivity contribution in [2.75, 3.05) is 31.6 Å². The molecule has 0 spiro atoms. The maximum Gasteiger partial charge on any atom is 0.257 e. The van der Waals surface area contributed by atoms with Crippen LogP contribution in [0.2, 0.25) is 5.02 Å². The fourth-order valence-electron chi connectivity index (χ4n) is 2.67. The van der Waals surface area contributed by atoms with E-state index in [1.54, 1.807) is 43.3 Å². The molecule has 8 heteroatoms. The average Bonchev–Trinajstić information content (AvgIpc) is 2.64. The zero-order valence-electron chi connectivity index (χ0n) is 14.2. The number of carbonyl (C=O) groups excluding carboxylic acids is 1. The standard InChI is InChI=1S/C18H19ClN2O4S/c1-13-6-7-14(26(23,24)21-8-10-25-11-9-21)12-17(13)20-18(22)15-4-2-3-5-16(15)19/h2-7,12H,8-11H2,1H3,(H,20,22). The minimum atomic E-state index is -3.63. The average molecular weight is 395 g/mol. The van der Waals surface area contributed by atoms with Crippen molar-refractivity contribution in [2.24, 2.45) is 0 Å². The number of ether oxygens (including phenoxy) is 1. The number of aryl methyl sites for hydroxylation is 1. The van der Waals surface area contributed by atoms with Crippen LogP contribution in [0.1, 0.15) is 15.9 Å². The minimum absolute atomic E-state index is 0.138. The molecule has 0 saturated carbocycles. The first-order chi connectivity index (χ1) is 12.4. The fourth-order valence-corrected chi connectivity index (χ4v) is 4.32. The van der Waals surface area contributed by atoms with Gasteiger partial charge in [-0.1, -0.05) is 29.8 Å². The summed E-state index contributed by atoms with van der Waals surface area (Å²) in [5.74, 6) is -0.389. The van der Waals surface area contributed by atoms with Gasteiger partial charge in [-0.05, 0) is 36.8 Å². The highest BCUT2D eigenvalue weighted by Gasteiger charge is 2.27. The Hall–Kier alpha value is -1.93. The molecule has 1 aliphatic rings. The van der Waals surface area contributed by atoms with E-state index in [9.17, 15) is 13.2 Å². The maximum atomic E-state index is 12.8. The summed E-state index contributed by atoms with van der Waals surface area (Å²) in [6.07, 6.45) is 0. The number of benzene rings is 2. The molecule has 0 unspecified atom stereocenters. The largest absolute Gasteiger partial charge is 0.379 e. The van der Waals surface area contributed by atoms with Gasteiger partial charge in [-0.25, -0.2) is 8.42 Å². The third-order valence-corrected chi connectivity index (χ3v) is 6.41. The van der Waals surface area contributed by atoms with Gasteiger partial charge in [-0.3, -0.25) is 4.79 Å². The molecule has 1 aliphatic heterocycles. The zero-order chi connectivity index (χ0) is 18.7. The quantitative estimate of drug-likeness (QED) is 0.865. The van der Waals surface area contributed by atoms with E-state index >= 15 is 0 Å². The molecule has 6 nitrogen and oxygen atoms in total. The number of hydrogen-bond donors (Lipinski definition) is 1. The van der Waals surface area contributed by atoms with Gasteiger partial charge in [0.1, 0.15) is 0 Å². The molecule has 2 aromatic rings. The number of nitrogens with one attached hydrogen (secondary N) is 1. The van der Waals surface area contributed by atoms with Crippen LogP contribution < -0.4 is 5.32 Å². The second kappa shape index (κ2) is 7.75. The zero-order valence-corrected chi connectivity index (χ0v) is 15.8. The lowest BCUT2D eigenvalue weighted by atomic mass is 10.1. The second-order valence-corrected chi connectivity index (χ2v) is 8.27. The second-order valence-electron chi connectivity index (χ2n) is 5.93. The number of carbonyl (C=O) groups is 1. The highest BCUT2D eigenvalue weighted by molar-refractivity contribution is 7.89. The van der Waals surface area contributed by atoms with Crippen LogP contribution in [0.15, 0.2) is 47.4 Å². The Labute approximate surface area is 157 Å². The molecule has 26 heavy (non-hydrogen) atoms. The number of rotatable bonds is 4. The molecule has 138 valence electrons. The Morgan fingerprint density at radius 2 is 1.85 bits per heavy atom. The van der Waals surface area contributed by atoms with Gasteiger partial charge in [-0.15, -0.1) is 0 Å². The predicted octanol–water partition coefficient (Wildman–Crippen LogP) is 2.92. The molecule has 1 amide bonds. The first-order valence-electron chi connectivity index (χ1n) is 8.14. The Morgan fingerprint density at radius 1 is 1.15 bits per heavy atom. The van der Waals surface area contributed by atoms with Crippen LogP contribution in [-0.4, -0.2) is 44.9 Å². The van der Waals surface area contributed by atoms with Crippen molar-refractivity contribution in [3.05, 3.63) is 58.6 Å². The van der Waals surface area contributed by atoms with E-state index in [1.807, 2.05) is 0 Å². The van der Waals surface area contributed by atoms with Gasteiger partial charge in [0.15, 0.2) is 0 Å². The van der Waals surface area contributed by atoms with Crippen molar-refractivity contribution in [3.8, 4) is 0 Å². The number of halogens is 1. The summed E-state index contributed by atoms with van der Waals surface area (Å²) in [7, 11) is -3.63. The van der Waals surface area contributed by atoms with E-state index in [1.165, 1.54) is 10.4 Å². The first kappa shape index (κ1) is 18.8. The van der Waals surface area contributed by atoms with Gasteiger partial charge >= 0.3 is 0 Å². The molecule has 1 heterocycles. The molecule has 2 aromatic carbocycles. The molecule has 0 aromatic heterocycles. The van der Waals surface area contributed by atoms with Crippen LogP contribution >= 0.6 is 11.6 Å².